The SMILES string of the molecule is Cc1ncc2c(NCC(O)(CC3(S)CCOc4ccccc43)C(F)(F)F)ccc(F)c2n1. The molecule has 170 valence electrons. The summed E-state index contributed by atoms with van der Waals surface area (Å²) in [4.78, 5) is 8.03. The lowest BCUT2D eigenvalue weighted by atomic mass is 9.81. The Bertz CT molecular complexity index is 1160. The molecule has 0 aliphatic carbocycles. The fourth-order valence-corrected chi connectivity index (χ4v) is 4.48. The van der Waals surface area contributed by atoms with Gasteiger partial charge in [-0.1, -0.05) is 18.2 Å². The van der Waals surface area contributed by atoms with Crippen molar-refractivity contribution in [3.63, 3.8) is 0 Å². The normalized spacial score (nSPS) is 20.3. The summed E-state index contributed by atoms with van der Waals surface area (Å²) < 4.78 is 60.7. The minimum absolute atomic E-state index is 0.0120. The number of nitrogens with one attached hydrogen (secondary N) is 1. The second-order valence-corrected chi connectivity index (χ2v) is 8.82. The molecule has 2 unspecified atom stereocenters. The average molecular weight is 467 g/mol. The van der Waals surface area contributed by atoms with Crippen molar-refractivity contribution in [1.82, 2.24) is 9.97 Å². The van der Waals surface area contributed by atoms with Crippen LogP contribution in [0.4, 0.5) is 23.2 Å². The molecule has 0 spiro atoms. The molecular formula is C22H21F4N3O2S. The smallest absolute Gasteiger partial charge is 0.418 e. The summed E-state index contributed by atoms with van der Waals surface area (Å²) in [5.41, 5.74) is -2.45. The maximum atomic E-state index is 14.1. The Balaban J connectivity index is 1.66. The molecule has 0 bridgehead atoms. The Hall–Kier alpha value is -2.59. The van der Waals surface area contributed by atoms with Gasteiger partial charge in [-0.05, 0) is 25.1 Å². The number of rotatable bonds is 5. The summed E-state index contributed by atoms with van der Waals surface area (Å²) in [7, 11) is 0. The Kier molecular flexibility index (Phi) is 5.70. The average Bonchev–Trinajstić information content (AvgIpc) is 2.73. The quantitative estimate of drug-likeness (QED) is 0.372. The van der Waals surface area contributed by atoms with E-state index < -0.39 is 35.3 Å². The maximum absolute atomic E-state index is 14.1. The number of aryl methyl sites for hydroxylation is 1. The van der Waals surface area contributed by atoms with Crippen LogP contribution in [0.25, 0.3) is 10.9 Å². The number of ether oxygens (including phenoxy) is 1. The summed E-state index contributed by atoms with van der Waals surface area (Å²) >= 11 is 4.58. The van der Waals surface area contributed by atoms with E-state index >= 15 is 0 Å². The molecule has 4 rings (SSSR count). The van der Waals surface area contributed by atoms with Crippen molar-refractivity contribution in [3.05, 3.63) is 59.8 Å². The Labute approximate surface area is 187 Å². The molecule has 1 aliphatic heterocycles. The number of fused-ring (bicyclic) bond motifs is 2. The lowest BCUT2D eigenvalue weighted by molar-refractivity contribution is -0.259. The van der Waals surface area contributed by atoms with Gasteiger partial charge in [0.1, 0.15) is 22.9 Å². The van der Waals surface area contributed by atoms with E-state index in [0.29, 0.717) is 17.1 Å². The van der Waals surface area contributed by atoms with Crippen LogP contribution in [-0.2, 0) is 4.75 Å². The highest BCUT2D eigenvalue weighted by Gasteiger charge is 2.57. The molecule has 2 aromatic carbocycles. The van der Waals surface area contributed by atoms with Crippen molar-refractivity contribution in [1.29, 1.82) is 0 Å². The first-order valence-electron chi connectivity index (χ1n) is 9.92. The first-order valence-corrected chi connectivity index (χ1v) is 10.4. The topological polar surface area (TPSA) is 67.3 Å². The van der Waals surface area contributed by atoms with E-state index in [1.54, 1.807) is 31.2 Å². The molecule has 1 aromatic heterocycles. The first kappa shape index (κ1) is 22.6. The number of nitrogens with zero attached hydrogens (tertiary/aromatic N) is 2. The van der Waals surface area contributed by atoms with Crippen LogP contribution in [0.15, 0.2) is 42.6 Å². The molecule has 2 atom stereocenters. The van der Waals surface area contributed by atoms with Gasteiger partial charge in [-0.3, -0.25) is 0 Å². The second-order valence-electron chi connectivity index (χ2n) is 7.96. The van der Waals surface area contributed by atoms with Gasteiger partial charge >= 0.3 is 6.18 Å². The molecule has 10 heteroatoms. The number of hydrogen-bond acceptors (Lipinski definition) is 6. The minimum atomic E-state index is -4.95. The van der Waals surface area contributed by atoms with E-state index in [4.69, 9.17) is 4.74 Å². The molecule has 0 fully saturated rings. The third-order valence-electron chi connectivity index (χ3n) is 5.67. The fraction of sp³-hybridized carbons (Fsp3) is 0.364. The highest BCUT2D eigenvalue weighted by molar-refractivity contribution is 7.81. The van der Waals surface area contributed by atoms with Gasteiger partial charge in [-0.25, -0.2) is 14.4 Å². The summed E-state index contributed by atoms with van der Waals surface area (Å²) in [5.74, 6) is 0.161. The lowest BCUT2D eigenvalue weighted by Gasteiger charge is -2.41. The van der Waals surface area contributed by atoms with Gasteiger partial charge < -0.3 is 15.2 Å². The number of hydrogen-bond donors (Lipinski definition) is 3. The second kappa shape index (κ2) is 8.08. The number of aliphatic hydroxyl groups is 1. The number of alkyl halides is 3. The maximum Gasteiger partial charge on any atom is 0.418 e. The van der Waals surface area contributed by atoms with Gasteiger partial charge in [0.15, 0.2) is 5.60 Å². The van der Waals surface area contributed by atoms with E-state index in [0.717, 1.165) is 6.07 Å². The number of halogens is 4. The van der Waals surface area contributed by atoms with Crippen LogP contribution in [0.5, 0.6) is 5.75 Å². The molecule has 3 aromatic rings. The molecule has 0 saturated heterocycles. The zero-order valence-corrected chi connectivity index (χ0v) is 18.0. The van der Waals surface area contributed by atoms with Crippen LogP contribution < -0.4 is 10.1 Å². The number of thiol groups is 1. The van der Waals surface area contributed by atoms with Crippen LogP contribution in [0.3, 0.4) is 0 Å². The van der Waals surface area contributed by atoms with E-state index in [-0.39, 0.29) is 29.6 Å². The zero-order valence-electron chi connectivity index (χ0n) is 17.1. The number of aromatic nitrogens is 2. The predicted molar refractivity (Wildman–Crippen MR) is 116 cm³/mol. The monoisotopic (exact) mass is 467 g/mol. The van der Waals surface area contributed by atoms with Crippen molar-refractivity contribution >= 4 is 29.2 Å². The van der Waals surface area contributed by atoms with Gasteiger partial charge in [-0.2, -0.15) is 25.8 Å². The van der Waals surface area contributed by atoms with Gasteiger partial charge in [0.2, 0.25) is 0 Å². The number of anilines is 1. The summed E-state index contributed by atoms with van der Waals surface area (Å²) in [5, 5.41) is 13.7. The largest absolute Gasteiger partial charge is 0.493 e. The van der Waals surface area contributed by atoms with E-state index in [1.165, 1.54) is 12.3 Å². The third-order valence-corrected chi connectivity index (χ3v) is 6.29. The molecule has 0 radical (unpaired) electrons. The minimum Gasteiger partial charge on any atom is -0.493 e. The van der Waals surface area contributed by atoms with E-state index in [9.17, 15) is 22.7 Å². The molecule has 0 amide bonds. The third kappa shape index (κ3) is 4.09. The molecular weight excluding hydrogens is 446 g/mol. The lowest BCUT2D eigenvalue weighted by Crippen LogP contribution is -2.54. The van der Waals surface area contributed by atoms with Crippen molar-refractivity contribution < 1.29 is 27.4 Å². The van der Waals surface area contributed by atoms with Crippen LogP contribution in [-0.4, -0.2) is 40.0 Å². The van der Waals surface area contributed by atoms with Gasteiger partial charge in [0.25, 0.3) is 0 Å². The molecule has 1 aliphatic rings. The Morgan fingerprint density at radius 1 is 1.22 bits per heavy atom. The highest BCUT2D eigenvalue weighted by atomic mass is 32.1. The molecule has 0 saturated carbocycles. The molecule has 2 heterocycles. The van der Waals surface area contributed by atoms with Gasteiger partial charge in [-0.15, -0.1) is 0 Å². The standard InChI is InChI=1S/C22H21F4N3O2S/c1-13-27-10-14-17(7-6-16(23)19(14)29-13)28-12-21(30,22(24,25)26)11-20(32)8-9-31-18-5-3-2-4-15(18)20/h2-7,10,28,30,32H,8-9,11-12H2,1H3. The van der Waals surface area contributed by atoms with Crippen molar-refractivity contribution in [2.24, 2.45) is 0 Å². The molecule has 32 heavy (non-hydrogen) atoms. The van der Waals surface area contributed by atoms with E-state index in [1.807, 2.05) is 0 Å². The van der Waals surface area contributed by atoms with E-state index in [2.05, 4.69) is 27.9 Å². The molecule has 2 N–H and O–H groups in total. The predicted octanol–water partition coefficient (Wildman–Crippen LogP) is 4.78. The van der Waals surface area contributed by atoms with Gasteiger partial charge in [0, 0.05) is 40.4 Å². The zero-order chi connectivity index (χ0) is 23.1. The Morgan fingerprint density at radius 3 is 2.72 bits per heavy atom. The Morgan fingerprint density at radius 2 is 1.97 bits per heavy atom. The molecule has 5 nitrogen and oxygen atoms in total. The highest BCUT2D eigenvalue weighted by Crippen LogP contribution is 2.49. The van der Waals surface area contributed by atoms with Crippen LogP contribution in [0, 0.1) is 12.7 Å². The summed E-state index contributed by atoms with van der Waals surface area (Å²) in [6.07, 6.45) is -4.12. The van der Waals surface area contributed by atoms with Crippen molar-refractivity contribution in [2.75, 3.05) is 18.5 Å². The summed E-state index contributed by atoms with van der Waals surface area (Å²) in [6.45, 7) is 0.900. The number of para-hydroxylation sites is 1. The van der Waals surface area contributed by atoms with Gasteiger partial charge in [0.05, 0.1) is 13.2 Å². The van der Waals surface area contributed by atoms with Crippen LogP contribution in [0.1, 0.15) is 24.2 Å². The summed E-state index contributed by atoms with van der Waals surface area (Å²) in [6, 6.07) is 9.14. The first-order chi connectivity index (χ1) is 15.0. The van der Waals surface area contributed by atoms with Crippen molar-refractivity contribution in [2.45, 2.75) is 36.3 Å². The fourth-order valence-electron chi connectivity index (χ4n) is 3.94. The van der Waals surface area contributed by atoms with Crippen molar-refractivity contribution in [3.8, 4) is 5.75 Å². The number of benzene rings is 2. The van der Waals surface area contributed by atoms with Crippen LogP contribution in [0.2, 0.25) is 0 Å². The van der Waals surface area contributed by atoms with Crippen LogP contribution >= 0.6 is 12.6 Å².